The molecule has 150 valence electrons. The second kappa shape index (κ2) is 8.05. The van der Waals surface area contributed by atoms with Gasteiger partial charge in [-0.15, -0.1) is 6.58 Å². The average molecular weight is 409 g/mol. The van der Waals surface area contributed by atoms with Crippen molar-refractivity contribution in [3.8, 4) is 5.69 Å². The molecule has 1 aromatic heterocycles. The Morgan fingerprint density at radius 3 is 2.41 bits per heavy atom. The summed E-state index contributed by atoms with van der Waals surface area (Å²) in [6.07, 6.45) is 3.20. The predicted octanol–water partition coefficient (Wildman–Crippen LogP) is 2.97. The molecule has 1 fully saturated rings. The number of nitrogens with one attached hydrogen (secondary N) is 1. The molecule has 6 nitrogen and oxygen atoms in total. The lowest BCUT2D eigenvalue weighted by Gasteiger charge is -2.27. The van der Waals surface area contributed by atoms with Crippen molar-refractivity contribution >= 4 is 40.9 Å². The number of thiocarbonyl (C=S) groups is 1. The van der Waals surface area contributed by atoms with Gasteiger partial charge in [-0.2, -0.15) is 0 Å². The van der Waals surface area contributed by atoms with Crippen molar-refractivity contribution in [3.05, 3.63) is 65.5 Å². The molecule has 0 radical (unpaired) electrons. The van der Waals surface area contributed by atoms with Gasteiger partial charge < -0.3 is 9.47 Å². The van der Waals surface area contributed by atoms with E-state index in [0.29, 0.717) is 0 Å². The van der Waals surface area contributed by atoms with Crippen molar-refractivity contribution in [1.82, 2.24) is 14.8 Å². The number of amides is 2. The van der Waals surface area contributed by atoms with Crippen LogP contribution in [0.1, 0.15) is 17.0 Å². The van der Waals surface area contributed by atoms with Crippen LogP contribution in [0.3, 0.4) is 0 Å². The van der Waals surface area contributed by atoms with Crippen LogP contribution >= 0.6 is 12.2 Å². The highest BCUT2D eigenvalue weighted by Gasteiger charge is 2.32. The first kappa shape index (κ1) is 20.5. The van der Waals surface area contributed by atoms with E-state index in [2.05, 4.69) is 40.7 Å². The molecule has 0 saturated carbocycles. The number of hydrogen-bond acceptors (Lipinski definition) is 4. The molecule has 0 spiro atoms. The van der Waals surface area contributed by atoms with Gasteiger partial charge in [0, 0.05) is 43.4 Å². The number of benzene rings is 1. The van der Waals surface area contributed by atoms with Crippen LogP contribution in [-0.2, 0) is 9.59 Å². The van der Waals surface area contributed by atoms with Crippen LogP contribution in [-0.4, -0.2) is 47.0 Å². The number of carbonyl (C=O) groups excluding carboxylic acids is 2. The molecule has 7 heteroatoms. The van der Waals surface area contributed by atoms with Gasteiger partial charge in [0.25, 0.3) is 11.8 Å². The summed E-state index contributed by atoms with van der Waals surface area (Å²) in [5, 5.41) is 2.67. The Labute approximate surface area is 176 Å². The number of carbonyl (C=O) groups is 2. The van der Waals surface area contributed by atoms with E-state index in [0.717, 1.165) is 28.3 Å². The van der Waals surface area contributed by atoms with Crippen LogP contribution in [0.5, 0.6) is 0 Å². The highest BCUT2D eigenvalue weighted by Crippen LogP contribution is 2.25. The van der Waals surface area contributed by atoms with Gasteiger partial charge in [0.05, 0.1) is 0 Å². The van der Waals surface area contributed by atoms with Crippen molar-refractivity contribution < 1.29 is 9.59 Å². The minimum Gasteiger partial charge on any atom is -0.378 e. The molecule has 1 saturated heterocycles. The van der Waals surface area contributed by atoms with E-state index >= 15 is 0 Å². The van der Waals surface area contributed by atoms with E-state index < -0.39 is 11.8 Å². The van der Waals surface area contributed by atoms with Gasteiger partial charge in [0.15, 0.2) is 5.11 Å². The van der Waals surface area contributed by atoms with Crippen LogP contribution < -0.4 is 10.2 Å². The van der Waals surface area contributed by atoms with E-state index in [1.807, 2.05) is 38.9 Å². The van der Waals surface area contributed by atoms with E-state index in [9.17, 15) is 9.59 Å². The third-order valence-corrected chi connectivity index (χ3v) is 5.21. The van der Waals surface area contributed by atoms with Crippen molar-refractivity contribution in [2.45, 2.75) is 13.8 Å². The third-order valence-electron chi connectivity index (χ3n) is 4.89. The Hall–Kier alpha value is -3.19. The van der Waals surface area contributed by atoms with E-state index in [1.165, 1.54) is 4.90 Å². The van der Waals surface area contributed by atoms with E-state index in [1.54, 1.807) is 12.2 Å². The molecule has 1 aromatic carbocycles. The van der Waals surface area contributed by atoms with Gasteiger partial charge in [-0.1, -0.05) is 6.08 Å². The Kier molecular flexibility index (Phi) is 5.70. The van der Waals surface area contributed by atoms with Gasteiger partial charge in [-0.05, 0) is 68.0 Å². The smallest absolute Gasteiger partial charge is 0.265 e. The van der Waals surface area contributed by atoms with Gasteiger partial charge in [0.1, 0.15) is 5.57 Å². The standard InChI is InChI=1S/C22H24N4O2S/c1-6-11-25-21(28)19(20(27)23-22(25)29)13-16-12-14(2)26(15(16)3)18-9-7-17(8-10-18)24(4)5/h6-10,12-13H,1,11H2,2-5H3,(H,23,27,29)/b19-13+. The summed E-state index contributed by atoms with van der Waals surface area (Å²) in [5.41, 5.74) is 4.95. The summed E-state index contributed by atoms with van der Waals surface area (Å²) in [5.74, 6) is -0.903. The zero-order valence-corrected chi connectivity index (χ0v) is 17.8. The second-order valence-corrected chi connectivity index (χ2v) is 7.48. The summed E-state index contributed by atoms with van der Waals surface area (Å²) >= 11 is 5.10. The minimum absolute atomic E-state index is 0.0589. The highest BCUT2D eigenvalue weighted by atomic mass is 32.1. The summed E-state index contributed by atoms with van der Waals surface area (Å²) < 4.78 is 2.10. The molecule has 29 heavy (non-hydrogen) atoms. The number of anilines is 1. The molecular formula is C22H24N4O2S. The first-order valence-corrected chi connectivity index (χ1v) is 9.62. The lowest BCUT2D eigenvalue weighted by molar-refractivity contribution is -0.128. The molecular weight excluding hydrogens is 384 g/mol. The summed E-state index contributed by atoms with van der Waals surface area (Å²) in [4.78, 5) is 28.5. The molecule has 2 aromatic rings. The van der Waals surface area contributed by atoms with Gasteiger partial charge in [-0.25, -0.2) is 0 Å². The second-order valence-electron chi connectivity index (χ2n) is 7.09. The Morgan fingerprint density at radius 1 is 1.17 bits per heavy atom. The Bertz CT molecular complexity index is 1030. The number of aromatic nitrogens is 1. The van der Waals surface area contributed by atoms with Gasteiger partial charge in [-0.3, -0.25) is 19.8 Å². The normalized spacial score (nSPS) is 15.7. The molecule has 0 atom stereocenters. The molecule has 2 heterocycles. The lowest BCUT2D eigenvalue weighted by atomic mass is 10.1. The van der Waals surface area contributed by atoms with Crippen molar-refractivity contribution in [3.63, 3.8) is 0 Å². The molecule has 0 unspecified atom stereocenters. The number of aryl methyl sites for hydroxylation is 1. The molecule has 3 rings (SSSR count). The predicted molar refractivity (Wildman–Crippen MR) is 120 cm³/mol. The zero-order valence-electron chi connectivity index (χ0n) is 17.0. The van der Waals surface area contributed by atoms with Crippen molar-refractivity contribution in [2.75, 3.05) is 25.5 Å². The molecule has 0 aliphatic carbocycles. The van der Waals surface area contributed by atoms with Crippen molar-refractivity contribution in [2.24, 2.45) is 0 Å². The summed E-state index contributed by atoms with van der Waals surface area (Å²) in [6.45, 7) is 7.85. The first-order valence-electron chi connectivity index (χ1n) is 9.21. The fraction of sp³-hybridized carbons (Fsp3) is 0.227. The summed E-state index contributed by atoms with van der Waals surface area (Å²) in [7, 11) is 4.00. The largest absolute Gasteiger partial charge is 0.378 e. The monoisotopic (exact) mass is 408 g/mol. The molecule has 0 bridgehead atoms. The topological polar surface area (TPSA) is 57.6 Å². The fourth-order valence-corrected chi connectivity index (χ4v) is 3.63. The Balaban J connectivity index is 2.01. The summed E-state index contributed by atoms with van der Waals surface area (Å²) in [6, 6.07) is 10.2. The van der Waals surface area contributed by atoms with Crippen LogP contribution in [0.2, 0.25) is 0 Å². The maximum absolute atomic E-state index is 12.8. The first-order chi connectivity index (χ1) is 13.7. The van der Waals surface area contributed by atoms with E-state index in [4.69, 9.17) is 12.2 Å². The Morgan fingerprint density at radius 2 is 1.83 bits per heavy atom. The van der Waals surface area contributed by atoms with Crippen LogP contribution in [0, 0.1) is 13.8 Å². The van der Waals surface area contributed by atoms with Crippen LogP contribution in [0.4, 0.5) is 5.69 Å². The fourth-order valence-electron chi connectivity index (χ4n) is 3.38. The number of nitrogens with zero attached hydrogens (tertiary/aromatic N) is 3. The molecule has 1 aliphatic rings. The average Bonchev–Trinajstić information content (AvgIpc) is 2.95. The number of hydrogen-bond donors (Lipinski definition) is 1. The zero-order chi connectivity index (χ0) is 21.3. The van der Waals surface area contributed by atoms with Crippen LogP contribution in [0.25, 0.3) is 11.8 Å². The maximum Gasteiger partial charge on any atom is 0.265 e. The molecule has 1 N–H and O–H groups in total. The van der Waals surface area contributed by atoms with Gasteiger partial charge in [0.2, 0.25) is 0 Å². The van der Waals surface area contributed by atoms with Gasteiger partial charge >= 0.3 is 0 Å². The highest BCUT2D eigenvalue weighted by molar-refractivity contribution is 7.80. The minimum atomic E-state index is -0.486. The quantitative estimate of drug-likeness (QED) is 0.358. The third kappa shape index (κ3) is 3.86. The van der Waals surface area contributed by atoms with E-state index in [-0.39, 0.29) is 17.2 Å². The van der Waals surface area contributed by atoms with Crippen LogP contribution in [0.15, 0.2) is 48.6 Å². The molecule has 1 aliphatic heterocycles. The lowest BCUT2D eigenvalue weighted by Crippen LogP contribution is -2.53. The van der Waals surface area contributed by atoms with Crippen molar-refractivity contribution in [1.29, 1.82) is 0 Å². The SMILES string of the molecule is C=CCN1C(=O)/C(=C/c2cc(C)n(-c3ccc(N(C)C)cc3)c2C)C(=O)NC1=S. The number of rotatable bonds is 5. The maximum atomic E-state index is 12.8. The molecule has 2 amide bonds.